The second-order valence-corrected chi connectivity index (χ2v) is 5.37. The van der Waals surface area contributed by atoms with Crippen LogP contribution < -0.4 is 0 Å². The molecule has 0 radical (unpaired) electrons. The fourth-order valence-corrected chi connectivity index (χ4v) is 3.64. The molecule has 3 nitrogen and oxygen atoms in total. The van der Waals surface area contributed by atoms with Gasteiger partial charge in [0.25, 0.3) is 0 Å². The maximum atomic E-state index is 12.1. The molecule has 96 valence electrons. The highest BCUT2D eigenvalue weighted by Crippen LogP contribution is 2.45. The number of rotatable bonds is 2. The highest BCUT2D eigenvalue weighted by atomic mass is 16.3. The van der Waals surface area contributed by atoms with Crippen molar-refractivity contribution in [2.45, 2.75) is 38.3 Å². The lowest BCUT2D eigenvalue weighted by Crippen LogP contribution is -2.53. The molecule has 1 N–H and O–H groups in total. The summed E-state index contributed by atoms with van der Waals surface area (Å²) in [6, 6.07) is 7.99. The zero-order valence-electron chi connectivity index (χ0n) is 10.7. The van der Waals surface area contributed by atoms with E-state index in [2.05, 4.69) is 11.8 Å². The summed E-state index contributed by atoms with van der Waals surface area (Å²) in [4.78, 5) is 14.6. The monoisotopic (exact) mass is 245 g/mol. The Labute approximate surface area is 107 Å². The van der Waals surface area contributed by atoms with Gasteiger partial charge < -0.3 is 5.11 Å². The molecular weight excluding hydrogens is 226 g/mol. The number of piperidine rings is 2. The Morgan fingerprint density at radius 1 is 1.28 bits per heavy atom. The molecule has 2 saturated heterocycles. The maximum absolute atomic E-state index is 12.1. The summed E-state index contributed by atoms with van der Waals surface area (Å²) in [6.07, 6.45) is 2.90. The van der Waals surface area contributed by atoms with E-state index in [9.17, 15) is 9.90 Å². The Kier molecular flexibility index (Phi) is 2.86. The summed E-state index contributed by atoms with van der Waals surface area (Å²) < 4.78 is 0. The molecule has 0 amide bonds. The maximum Gasteiger partial charge on any atom is 0.139 e. The predicted molar refractivity (Wildman–Crippen MR) is 69.4 cm³/mol. The first-order valence-corrected chi connectivity index (χ1v) is 6.78. The number of nitrogens with zero attached hydrogens (tertiary/aromatic N) is 1. The van der Waals surface area contributed by atoms with E-state index in [0.29, 0.717) is 11.8 Å². The SMILES string of the molecule is CCN1C2CCC(C(=O)C2)C1c1ccc(O)cc1. The lowest BCUT2D eigenvalue weighted by Gasteiger charge is -2.50. The molecule has 3 atom stereocenters. The molecule has 1 aromatic rings. The number of phenols is 1. The van der Waals surface area contributed by atoms with Crippen LogP contribution in [0.5, 0.6) is 5.75 Å². The van der Waals surface area contributed by atoms with Crippen LogP contribution in [0.25, 0.3) is 0 Å². The van der Waals surface area contributed by atoms with E-state index in [0.717, 1.165) is 31.4 Å². The molecule has 0 spiro atoms. The Morgan fingerprint density at radius 3 is 2.61 bits per heavy atom. The Hall–Kier alpha value is -1.35. The van der Waals surface area contributed by atoms with Crippen molar-refractivity contribution in [3.8, 4) is 5.75 Å². The summed E-state index contributed by atoms with van der Waals surface area (Å²) in [7, 11) is 0. The molecule has 3 fully saturated rings. The zero-order chi connectivity index (χ0) is 12.7. The first-order chi connectivity index (χ1) is 8.70. The van der Waals surface area contributed by atoms with Crippen molar-refractivity contribution in [3.63, 3.8) is 0 Å². The number of fused-ring (bicyclic) bond motifs is 3. The van der Waals surface area contributed by atoms with Crippen molar-refractivity contribution in [1.82, 2.24) is 4.90 Å². The molecule has 1 aromatic carbocycles. The molecule has 18 heavy (non-hydrogen) atoms. The van der Waals surface area contributed by atoms with Crippen LogP contribution in [-0.4, -0.2) is 28.4 Å². The normalized spacial score (nSPS) is 31.8. The van der Waals surface area contributed by atoms with Gasteiger partial charge in [-0.05, 0) is 37.1 Å². The van der Waals surface area contributed by atoms with Crippen LogP contribution in [0.1, 0.15) is 37.8 Å². The molecule has 2 bridgehead atoms. The van der Waals surface area contributed by atoms with Crippen LogP contribution in [0, 0.1) is 5.92 Å². The number of benzene rings is 1. The highest BCUT2D eigenvalue weighted by molar-refractivity contribution is 5.84. The van der Waals surface area contributed by atoms with Crippen molar-refractivity contribution < 1.29 is 9.90 Å². The Bertz CT molecular complexity index is 454. The largest absolute Gasteiger partial charge is 0.508 e. The van der Waals surface area contributed by atoms with Gasteiger partial charge in [0.1, 0.15) is 11.5 Å². The number of Topliss-reactive ketones (excluding diaryl/α,β-unsaturated/α-hetero) is 1. The molecule has 2 aliphatic heterocycles. The molecule has 4 rings (SSSR count). The van der Waals surface area contributed by atoms with Gasteiger partial charge in [0.2, 0.25) is 0 Å². The minimum absolute atomic E-state index is 0.152. The van der Waals surface area contributed by atoms with Crippen molar-refractivity contribution in [2.24, 2.45) is 5.92 Å². The first-order valence-electron chi connectivity index (χ1n) is 6.78. The Balaban J connectivity index is 1.97. The molecule has 2 heterocycles. The first kappa shape index (κ1) is 11.7. The zero-order valence-corrected chi connectivity index (χ0v) is 10.7. The summed E-state index contributed by atoms with van der Waals surface area (Å²) in [5.74, 6) is 0.864. The summed E-state index contributed by atoms with van der Waals surface area (Å²) in [5.41, 5.74) is 1.16. The van der Waals surface area contributed by atoms with E-state index < -0.39 is 0 Å². The molecule has 1 saturated carbocycles. The summed E-state index contributed by atoms with van der Waals surface area (Å²) in [6.45, 7) is 3.15. The van der Waals surface area contributed by atoms with Crippen LogP contribution in [0.2, 0.25) is 0 Å². The predicted octanol–water partition coefficient (Wildman–Crippen LogP) is 2.51. The second kappa shape index (κ2) is 4.39. The molecular formula is C15H19NO2. The van der Waals surface area contributed by atoms with E-state index in [1.807, 2.05) is 12.1 Å². The summed E-state index contributed by atoms with van der Waals surface area (Å²) in [5, 5.41) is 9.38. The van der Waals surface area contributed by atoms with Crippen LogP contribution in [0.3, 0.4) is 0 Å². The van der Waals surface area contributed by atoms with E-state index >= 15 is 0 Å². The number of carbonyl (C=O) groups is 1. The van der Waals surface area contributed by atoms with E-state index in [1.165, 1.54) is 0 Å². The number of ketones is 1. The van der Waals surface area contributed by atoms with Gasteiger partial charge in [-0.15, -0.1) is 0 Å². The smallest absolute Gasteiger partial charge is 0.139 e. The topological polar surface area (TPSA) is 40.5 Å². The van der Waals surface area contributed by atoms with Gasteiger partial charge >= 0.3 is 0 Å². The van der Waals surface area contributed by atoms with Gasteiger partial charge in [-0.25, -0.2) is 0 Å². The van der Waals surface area contributed by atoms with Crippen LogP contribution >= 0.6 is 0 Å². The van der Waals surface area contributed by atoms with E-state index in [1.54, 1.807) is 12.1 Å². The standard InChI is InChI=1S/C15H19NO2/c1-2-16-11-5-8-13(14(18)9-11)15(16)10-3-6-12(17)7-4-10/h3-4,6-7,11,13,15,17H,2,5,8-9H2,1H3. The van der Waals surface area contributed by atoms with Gasteiger partial charge in [-0.3, -0.25) is 9.69 Å². The van der Waals surface area contributed by atoms with Crippen molar-refractivity contribution in [2.75, 3.05) is 6.54 Å². The molecule has 0 aromatic heterocycles. The van der Waals surface area contributed by atoms with Gasteiger partial charge in [-0.1, -0.05) is 19.1 Å². The average Bonchev–Trinajstić information content (AvgIpc) is 2.39. The van der Waals surface area contributed by atoms with Gasteiger partial charge in [0.15, 0.2) is 0 Å². The minimum Gasteiger partial charge on any atom is -0.508 e. The van der Waals surface area contributed by atoms with Gasteiger partial charge in [-0.2, -0.15) is 0 Å². The van der Waals surface area contributed by atoms with Gasteiger partial charge in [0.05, 0.1) is 0 Å². The number of carbonyl (C=O) groups excluding carboxylic acids is 1. The quantitative estimate of drug-likeness (QED) is 0.870. The number of phenolic OH excluding ortho intramolecular Hbond substituents is 1. The molecule has 3 aliphatic rings. The number of aromatic hydroxyl groups is 1. The molecule has 3 heteroatoms. The average molecular weight is 245 g/mol. The minimum atomic E-state index is 0.152. The second-order valence-electron chi connectivity index (χ2n) is 5.37. The summed E-state index contributed by atoms with van der Waals surface area (Å²) >= 11 is 0. The number of hydrogen-bond donors (Lipinski definition) is 1. The highest BCUT2D eigenvalue weighted by Gasteiger charge is 2.46. The third-order valence-corrected chi connectivity index (χ3v) is 4.47. The molecule has 3 unspecified atom stereocenters. The van der Waals surface area contributed by atoms with Crippen LogP contribution in [0.4, 0.5) is 0 Å². The van der Waals surface area contributed by atoms with Crippen molar-refractivity contribution >= 4 is 5.78 Å². The van der Waals surface area contributed by atoms with Gasteiger partial charge in [0, 0.05) is 24.4 Å². The lowest BCUT2D eigenvalue weighted by molar-refractivity contribution is -0.137. The third kappa shape index (κ3) is 1.74. The fraction of sp³-hybridized carbons (Fsp3) is 0.533. The third-order valence-electron chi connectivity index (χ3n) is 4.47. The number of hydrogen-bond acceptors (Lipinski definition) is 3. The molecule has 1 aliphatic carbocycles. The van der Waals surface area contributed by atoms with Crippen LogP contribution in [-0.2, 0) is 4.79 Å². The van der Waals surface area contributed by atoms with E-state index in [4.69, 9.17) is 0 Å². The van der Waals surface area contributed by atoms with E-state index in [-0.39, 0.29) is 17.7 Å². The van der Waals surface area contributed by atoms with Crippen LogP contribution in [0.15, 0.2) is 24.3 Å². The van der Waals surface area contributed by atoms with Crippen molar-refractivity contribution in [1.29, 1.82) is 0 Å². The Morgan fingerprint density at radius 2 is 2.00 bits per heavy atom. The van der Waals surface area contributed by atoms with Crippen molar-refractivity contribution in [3.05, 3.63) is 29.8 Å². The fourth-order valence-electron chi connectivity index (χ4n) is 3.64. The lowest BCUT2D eigenvalue weighted by atomic mass is 9.71.